The Kier molecular flexibility index (Phi) is 7.85. The van der Waals surface area contributed by atoms with E-state index >= 15 is 0 Å². The van der Waals surface area contributed by atoms with E-state index in [1.807, 2.05) is 19.2 Å². The lowest BCUT2D eigenvalue weighted by Gasteiger charge is -2.17. The Morgan fingerprint density at radius 1 is 1.21 bits per heavy atom. The molecule has 0 spiro atoms. The van der Waals surface area contributed by atoms with Crippen molar-refractivity contribution < 1.29 is 0 Å². The van der Waals surface area contributed by atoms with Crippen molar-refractivity contribution in [3.63, 3.8) is 0 Å². The van der Waals surface area contributed by atoms with Crippen LogP contribution in [-0.2, 0) is 0 Å². The lowest BCUT2D eigenvalue weighted by Crippen LogP contribution is -2.37. The van der Waals surface area contributed by atoms with Gasteiger partial charge in [-0.1, -0.05) is 44.2 Å². The molecule has 28 heavy (non-hydrogen) atoms. The van der Waals surface area contributed by atoms with Crippen LogP contribution in [0, 0.1) is 18.8 Å². The van der Waals surface area contributed by atoms with Crippen LogP contribution < -0.4 is 16.0 Å². The first-order chi connectivity index (χ1) is 13.4. The summed E-state index contributed by atoms with van der Waals surface area (Å²) in [4.78, 5) is 8.86. The van der Waals surface area contributed by atoms with E-state index in [-0.39, 0.29) is 0 Å². The Morgan fingerprint density at radius 3 is 2.50 bits per heavy atom. The quantitative estimate of drug-likeness (QED) is 0.392. The summed E-state index contributed by atoms with van der Waals surface area (Å²) in [5, 5.41) is 10.0. The molecule has 1 atom stereocenters. The van der Waals surface area contributed by atoms with Gasteiger partial charge in [0, 0.05) is 44.6 Å². The topological polar surface area (TPSA) is 60.8 Å². The Morgan fingerprint density at radius 2 is 1.93 bits per heavy atom. The molecule has 0 aliphatic heterocycles. The third kappa shape index (κ3) is 5.24. The number of aliphatic imine (C=N–C) groups is 2. The summed E-state index contributed by atoms with van der Waals surface area (Å²) < 4.78 is 0. The highest BCUT2D eigenvalue weighted by Gasteiger charge is 2.19. The van der Waals surface area contributed by atoms with Crippen LogP contribution in [0.15, 0.2) is 46.4 Å². The second-order valence-electron chi connectivity index (χ2n) is 7.60. The van der Waals surface area contributed by atoms with Crippen LogP contribution in [-0.4, -0.2) is 39.4 Å². The van der Waals surface area contributed by atoms with E-state index in [9.17, 15) is 0 Å². The van der Waals surface area contributed by atoms with Crippen molar-refractivity contribution in [1.82, 2.24) is 10.6 Å². The zero-order chi connectivity index (χ0) is 20.7. The molecular formula is C23H35N5. The maximum absolute atomic E-state index is 4.43. The van der Waals surface area contributed by atoms with Crippen molar-refractivity contribution in [3.8, 4) is 0 Å². The van der Waals surface area contributed by atoms with Gasteiger partial charge in [0.05, 0.1) is 0 Å². The van der Waals surface area contributed by atoms with Crippen molar-refractivity contribution in [2.24, 2.45) is 21.8 Å². The molecule has 0 radical (unpaired) electrons. The fourth-order valence-electron chi connectivity index (χ4n) is 3.54. The van der Waals surface area contributed by atoms with Crippen molar-refractivity contribution in [2.45, 2.75) is 33.6 Å². The number of allylic oxidation sites excluding steroid dienone is 1. The first-order valence-corrected chi connectivity index (χ1v) is 10.0. The number of benzene rings is 1. The molecule has 0 aromatic heterocycles. The number of hydrogen-bond donors (Lipinski definition) is 3. The van der Waals surface area contributed by atoms with Crippen molar-refractivity contribution in [2.75, 3.05) is 33.0 Å². The van der Waals surface area contributed by atoms with Crippen LogP contribution in [0.4, 0.5) is 5.69 Å². The molecule has 1 unspecified atom stereocenters. The normalized spacial score (nSPS) is 17.5. The van der Waals surface area contributed by atoms with Gasteiger partial charge in [-0.25, -0.2) is 0 Å². The van der Waals surface area contributed by atoms with E-state index in [1.54, 1.807) is 14.1 Å². The molecule has 0 saturated carbocycles. The van der Waals surface area contributed by atoms with Crippen molar-refractivity contribution >= 4 is 23.1 Å². The number of hydrogen-bond acceptors (Lipinski definition) is 3. The summed E-state index contributed by atoms with van der Waals surface area (Å²) in [6.07, 6.45) is 4.84. The molecule has 5 heteroatoms. The highest BCUT2D eigenvalue weighted by atomic mass is 15.1. The Hall–Kier alpha value is -2.56. The number of rotatable bonds is 6. The molecule has 0 amide bonds. The summed E-state index contributed by atoms with van der Waals surface area (Å²) in [5.41, 5.74) is 5.56. The van der Waals surface area contributed by atoms with Crippen LogP contribution >= 0.6 is 0 Å². The standard InChI is InChI=1S/C23H35N5/c1-15(2)19-12-11-18(13-19)14-27-22(25-6)23(26-7)28-21-10-8-9-20(16(21)3)17(4)24-5/h8-10,13,15,19,24H,4,11-12,14H2,1-3,5-7H3,(H,25,27)(H,26,28). The molecule has 2 rings (SSSR count). The van der Waals surface area contributed by atoms with Crippen LogP contribution in [0.25, 0.3) is 5.70 Å². The smallest absolute Gasteiger partial charge is 0.168 e. The fraction of sp³-hybridized carbons (Fsp3) is 0.478. The first kappa shape index (κ1) is 21.7. The Balaban J connectivity index is 2.10. The minimum absolute atomic E-state index is 0.696. The van der Waals surface area contributed by atoms with Gasteiger partial charge in [0.25, 0.3) is 0 Å². The van der Waals surface area contributed by atoms with E-state index in [1.165, 1.54) is 12.0 Å². The molecule has 0 bridgehead atoms. The maximum Gasteiger partial charge on any atom is 0.168 e. The molecule has 0 fully saturated rings. The van der Waals surface area contributed by atoms with Gasteiger partial charge in [0.1, 0.15) is 0 Å². The minimum atomic E-state index is 0.696. The minimum Gasteiger partial charge on any atom is -0.388 e. The molecule has 1 aromatic rings. The molecule has 5 nitrogen and oxygen atoms in total. The second kappa shape index (κ2) is 10.1. The zero-order valence-electron chi connectivity index (χ0n) is 18.2. The predicted octanol–water partition coefficient (Wildman–Crippen LogP) is 4.24. The highest BCUT2D eigenvalue weighted by molar-refractivity contribution is 6.44. The second-order valence-corrected chi connectivity index (χ2v) is 7.60. The van der Waals surface area contributed by atoms with Crippen LogP contribution in [0.1, 0.15) is 37.8 Å². The van der Waals surface area contributed by atoms with Crippen LogP contribution in [0.2, 0.25) is 0 Å². The first-order valence-electron chi connectivity index (χ1n) is 10.0. The van der Waals surface area contributed by atoms with E-state index in [0.717, 1.165) is 47.1 Å². The molecule has 152 valence electrons. The van der Waals surface area contributed by atoms with E-state index < -0.39 is 0 Å². The van der Waals surface area contributed by atoms with Gasteiger partial charge in [-0.2, -0.15) is 0 Å². The summed E-state index contributed by atoms with van der Waals surface area (Å²) in [6.45, 7) is 11.6. The van der Waals surface area contributed by atoms with Gasteiger partial charge < -0.3 is 16.0 Å². The summed E-state index contributed by atoms with van der Waals surface area (Å²) in [7, 11) is 5.46. The highest BCUT2D eigenvalue weighted by Crippen LogP contribution is 2.29. The third-order valence-electron chi connectivity index (χ3n) is 5.47. The number of amidine groups is 2. The molecular weight excluding hydrogens is 346 g/mol. The molecule has 1 aromatic carbocycles. The lowest BCUT2D eigenvalue weighted by atomic mass is 9.96. The van der Waals surface area contributed by atoms with Crippen molar-refractivity contribution in [1.29, 1.82) is 0 Å². The largest absolute Gasteiger partial charge is 0.388 e. The zero-order valence-corrected chi connectivity index (χ0v) is 18.2. The Bertz CT molecular complexity index is 786. The number of anilines is 1. The number of nitrogens with zero attached hydrogens (tertiary/aromatic N) is 2. The fourth-order valence-corrected chi connectivity index (χ4v) is 3.54. The lowest BCUT2D eigenvalue weighted by molar-refractivity contribution is 0.458. The predicted molar refractivity (Wildman–Crippen MR) is 123 cm³/mol. The van der Waals surface area contributed by atoms with Gasteiger partial charge in [-0.15, -0.1) is 0 Å². The summed E-state index contributed by atoms with van der Waals surface area (Å²) >= 11 is 0. The summed E-state index contributed by atoms with van der Waals surface area (Å²) in [6, 6.07) is 6.13. The summed E-state index contributed by atoms with van der Waals surface area (Å²) in [5.74, 6) is 2.90. The van der Waals surface area contributed by atoms with Gasteiger partial charge in [-0.3, -0.25) is 9.98 Å². The van der Waals surface area contributed by atoms with Crippen LogP contribution in [0.3, 0.4) is 0 Å². The SMILES string of the molecule is C=C(NC)c1cccc(NC(=NC)C(=NC)NCC2=CC(C(C)C)CC2)c1C. The maximum atomic E-state index is 4.43. The van der Waals surface area contributed by atoms with Gasteiger partial charge in [-0.05, 0) is 43.2 Å². The molecule has 3 N–H and O–H groups in total. The van der Waals surface area contributed by atoms with Gasteiger partial charge in [0.15, 0.2) is 11.7 Å². The third-order valence-corrected chi connectivity index (χ3v) is 5.47. The molecule has 0 heterocycles. The van der Waals surface area contributed by atoms with Crippen molar-refractivity contribution in [3.05, 3.63) is 47.6 Å². The molecule has 0 saturated heterocycles. The Labute approximate surface area is 170 Å². The molecule has 1 aliphatic rings. The van der Waals surface area contributed by atoms with Gasteiger partial charge >= 0.3 is 0 Å². The van der Waals surface area contributed by atoms with Crippen LogP contribution in [0.5, 0.6) is 0 Å². The van der Waals surface area contributed by atoms with E-state index in [2.05, 4.69) is 65.4 Å². The molecule has 1 aliphatic carbocycles. The average Bonchev–Trinajstić information content (AvgIpc) is 3.17. The average molecular weight is 382 g/mol. The number of nitrogens with one attached hydrogen (secondary N) is 3. The van der Waals surface area contributed by atoms with E-state index in [4.69, 9.17) is 0 Å². The van der Waals surface area contributed by atoms with E-state index in [0.29, 0.717) is 11.8 Å². The van der Waals surface area contributed by atoms with Gasteiger partial charge in [0.2, 0.25) is 0 Å². The monoisotopic (exact) mass is 381 g/mol.